The molecule has 6 heteroatoms. The molecule has 0 N–H and O–H groups in total. The predicted octanol–water partition coefficient (Wildman–Crippen LogP) is 2.05. The van der Waals surface area contributed by atoms with E-state index in [0.717, 1.165) is 0 Å². The van der Waals surface area contributed by atoms with Crippen molar-refractivity contribution in [2.24, 2.45) is 0 Å². The summed E-state index contributed by atoms with van der Waals surface area (Å²) in [4.78, 5) is 0.453. The maximum absolute atomic E-state index is 12.4. The molecule has 0 bridgehead atoms. The maximum Gasteiger partial charge on any atom is 0.488 e. The van der Waals surface area contributed by atoms with Gasteiger partial charge in [-0.3, -0.25) is 0 Å². The van der Waals surface area contributed by atoms with E-state index in [9.17, 15) is 12.3 Å². The van der Waals surface area contributed by atoms with Gasteiger partial charge in [0.25, 0.3) is 0 Å². The van der Waals surface area contributed by atoms with Crippen molar-refractivity contribution < 1.29 is 16.5 Å². The van der Waals surface area contributed by atoms with E-state index in [-0.39, 0.29) is 5.75 Å². The van der Waals surface area contributed by atoms with Crippen molar-refractivity contribution in [1.82, 2.24) is 0 Å². The summed E-state index contributed by atoms with van der Waals surface area (Å²) < 4.78 is 37.3. The van der Waals surface area contributed by atoms with Crippen LogP contribution in [0.4, 0.5) is 3.89 Å². The van der Waals surface area contributed by atoms with Gasteiger partial charge in [0, 0.05) is 11.3 Å². The summed E-state index contributed by atoms with van der Waals surface area (Å²) in [7, 11) is -5.03. The Morgan fingerprint density at radius 1 is 1.56 bits per heavy atom. The zero-order valence-corrected chi connectivity index (χ0v) is 10.1. The van der Waals surface area contributed by atoms with Crippen molar-refractivity contribution in [3.63, 3.8) is 0 Å². The Bertz CT molecular complexity index is 544. The third-order valence-electron chi connectivity index (χ3n) is 1.93. The van der Waals surface area contributed by atoms with Crippen LogP contribution in [0, 0.1) is 19.3 Å². The lowest BCUT2D eigenvalue weighted by Crippen LogP contribution is -2.04. The number of hydrogen-bond donors (Lipinski definition) is 1. The molecule has 0 saturated heterocycles. The van der Waals surface area contributed by atoms with E-state index in [4.69, 9.17) is 6.42 Å². The van der Waals surface area contributed by atoms with E-state index in [1.165, 1.54) is 6.07 Å². The van der Waals surface area contributed by atoms with Crippen LogP contribution in [-0.2, 0) is 16.9 Å². The molecule has 1 aromatic rings. The molecule has 0 heterocycles. The van der Waals surface area contributed by atoms with Crippen LogP contribution in [0.3, 0.4) is 0 Å². The molecule has 0 unspecified atom stereocenters. The quantitative estimate of drug-likeness (QED) is 0.514. The zero-order chi connectivity index (χ0) is 12.3. The van der Waals surface area contributed by atoms with Crippen LogP contribution < -0.4 is 4.18 Å². The first kappa shape index (κ1) is 12.9. The van der Waals surface area contributed by atoms with Gasteiger partial charge in [0.2, 0.25) is 0 Å². The van der Waals surface area contributed by atoms with Gasteiger partial charge in [-0.2, -0.15) is 8.42 Å². The van der Waals surface area contributed by atoms with Crippen LogP contribution in [0.2, 0.25) is 0 Å². The number of hydrogen-bond acceptors (Lipinski definition) is 4. The molecule has 0 radical (unpaired) electrons. The van der Waals surface area contributed by atoms with Crippen LogP contribution in [0.15, 0.2) is 17.0 Å². The van der Waals surface area contributed by atoms with E-state index in [2.05, 4.69) is 22.7 Å². The van der Waals surface area contributed by atoms with Gasteiger partial charge in [-0.1, -0.05) is 3.89 Å². The van der Waals surface area contributed by atoms with Crippen LogP contribution in [0.5, 0.6) is 5.75 Å². The lowest BCUT2D eigenvalue weighted by Gasteiger charge is -2.09. The van der Waals surface area contributed by atoms with Crippen molar-refractivity contribution in [3.8, 4) is 18.1 Å². The van der Waals surface area contributed by atoms with Gasteiger partial charge < -0.3 is 4.18 Å². The van der Waals surface area contributed by atoms with Crippen molar-refractivity contribution >= 4 is 23.1 Å². The largest absolute Gasteiger partial charge is 0.488 e. The summed E-state index contributed by atoms with van der Waals surface area (Å²) in [5, 5.41) is 0. The third kappa shape index (κ3) is 3.43. The molecular weight excluding hydrogens is 251 g/mol. The fourth-order valence-electron chi connectivity index (χ4n) is 1.22. The molecule has 0 amide bonds. The SMILES string of the molecule is C#CCc1cc(S)cc(OS(=O)(=O)F)c1C. The van der Waals surface area contributed by atoms with Crippen molar-refractivity contribution in [2.45, 2.75) is 18.2 Å². The molecule has 0 aliphatic rings. The Morgan fingerprint density at radius 3 is 2.69 bits per heavy atom. The predicted molar refractivity (Wildman–Crippen MR) is 61.6 cm³/mol. The number of thiol groups is 1. The molecule has 0 aliphatic heterocycles. The van der Waals surface area contributed by atoms with Gasteiger partial charge in [-0.25, -0.2) is 0 Å². The summed E-state index contributed by atoms with van der Waals surface area (Å²) >= 11 is 4.05. The van der Waals surface area contributed by atoms with E-state index in [0.29, 0.717) is 22.4 Å². The van der Waals surface area contributed by atoms with Gasteiger partial charge in [-0.15, -0.1) is 25.0 Å². The fourth-order valence-corrected chi connectivity index (χ4v) is 1.88. The molecule has 0 fully saturated rings. The number of benzene rings is 1. The minimum absolute atomic E-state index is 0.0970. The van der Waals surface area contributed by atoms with Gasteiger partial charge in [0.05, 0.1) is 0 Å². The molecule has 0 aromatic heterocycles. The number of terminal acetylenes is 1. The Labute approximate surface area is 99.5 Å². The first-order valence-electron chi connectivity index (χ1n) is 4.23. The van der Waals surface area contributed by atoms with Crippen LogP contribution in [0.25, 0.3) is 0 Å². The third-order valence-corrected chi connectivity index (χ3v) is 2.57. The van der Waals surface area contributed by atoms with Crippen LogP contribution in [0.1, 0.15) is 11.1 Å². The van der Waals surface area contributed by atoms with E-state index in [1.807, 2.05) is 0 Å². The minimum atomic E-state index is -5.03. The molecule has 0 aliphatic carbocycles. The molecule has 1 aromatic carbocycles. The van der Waals surface area contributed by atoms with E-state index >= 15 is 0 Å². The minimum Gasteiger partial charge on any atom is -0.358 e. The molecule has 0 atom stereocenters. The lowest BCUT2D eigenvalue weighted by atomic mass is 10.1. The number of halogens is 1. The second-order valence-electron chi connectivity index (χ2n) is 3.09. The highest BCUT2D eigenvalue weighted by Gasteiger charge is 2.14. The molecule has 1 rings (SSSR count). The Balaban J connectivity index is 3.25. The van der Waals surface area contributed by atoms with Crippen molar-refractivity contribution in [1.29, 1.82) is 0 Å². The standard InChI is InChI=1S/C10H9FO3S2/c1-3-4-8-5-9(15)6-10(7(8)2)14-16(11,12)13/h1,5-6,15H,4H2,2H3. The summed E-state index contributed by atoms with van der Waals surface area (Å²) in [5.41, 5.74) is 1.16. The first-order valence-corrected chi connectivity index (χ1v) is 5.99. The second kappa shape index (κ2) is 4.76. The molecule has 0 saturated carbocycles. The highest BCUT2D eigenvalue weighted by atomic mass is 32.3. The normalized spacial score (nSPS) is 10.9. The summed E-state index contributed by atoms with van der Waals surface area (Å²) in [6.07, 6.45) is 5.44. The average molecular weight is 260 g/mol. The van der Waals surface area contributed by atoms with Crippen LogP contribution >= 0.6 is 12.6 Å². The Morgan fingerprint density at radius 2 is 2.19 bits per heavy atom. The summed E-state index contributed by atoms with van der Waals surface area (Å²) in [6, 6.07) is 2.99. The molecular formula is C10H9FO3S2. The molecule has 3 nitrogen and oxygen atoms in total. The molecule has 16 heavy (non-hydrogen) atoms. The van der Waals surface area contributed by atoms with Gasteiger partial charge in [0.1, 0.15) is 5.75 Å². The highest BCUT2D eigenvalue weighted by Crippen LogP contribution is 2.27. The van der Waals surface area contributed by atoms with Gasteiger partial charge in [-0.05, 0) is 30.2 Å². The molecule has 86 valence electrons. The van der Waals surface area contributed by atoms with Gasteiger partial charge in [0.15, 0.2) is 0 Å². The highest BCUT2D eigenvalue weighted by molar-refractivity contribution is 7.81. The van der Waals surface area contributed by atoms with Crippen molar-refractivity contribution in [3.05, 3.63) is 23.3 Å². The smallest absolute Gasteiger partial charge is 0.358 e. The van der Waals surface area contributed by atoms with E-state index < -0.39 is 10.5 Å². The zero-order valence-electron chi connectivity index (χ0n) is 8.40. The van der Waals surface area contributed by atoms with Crippen LogP contribution in [-0.4, -0.2) is 8.42 Å². The second-order valence-corrected chi connectivity index (χ2v) is 4.55. The van der Waals surface area contributed by atoms with Gasteiger partial charge >= 0.3 is 10.5 Å². The average Bonchev–Trinajstić information content (AvgIpc) is 2.11. The lowest BCUT2D eigenvalue weighted by molar-refractivity contribution is 0.438. The van der Waals surface area contributed by atoms with E-state index in [1.54, 1.807) is 13.0 Å². The maximum atomic E-state index is 12.4. The fraction of sp³-hybridized carbons (Fsp3) is 0.200. The topological polar surface area (TPSA) is 43.4 Å². The summed E-state index contributed by atoms with van der Waals surface area (Å²) in [6.45, 7) is 1.60. The molecule has 0 spiro atoms. The Kier molecular flexibility index (Phi) is 3.83. The van der Waals surface area contributed by atoms with Crippen molar-refractivity contribution in [2.75, 3.05) is 0 Å². The Hall–Kier alpha value is -1.19. The monoisotopic (exact) mass is 260 g/mol. The number of rotatable bonds is 3. The first-order chi connectivity index (χ1) is 7.33. The summed E-state index contributed by atoms with van der Waals surface area (Å²) in [5.74, 6) is 2.31.